The molecule has 1 fully saturated rings. The summed E-state index contributed by atoms with van der Waals surface area (Å²) >= 11 is 0. The van der Waals surface area contributed by atoms with Crippen molar-refractivity contribution in [1.29, 1.82) is 5.41 Å². The second-order valence-corrected chi connectivity index (χ2v) is 11.2. The molecular weight excluding hydrogens is 548 g/mol. The van der Waals surface area contributed by atoms with E-state index in [-0.39, 0.29) is 35.5 Å². The third-order valence-corrected chi connectivity index (χ3v) is 8.09. The molecule has 2 aliphatic heterocycles. The van der Waals surface area contributed by atoms with E-state index >= 15 is 0 Å². The lowest BCUT2D eigenvalue weighted by Crippen LogP contribution is -2.41. The molecule has 13 heteroatoms. The van der Waals surface area contributed by atoms with Gasteiger partial charge in [0.1, 0.15) is 17.7 Å². The predicted octanol–water partition coefficient (Wildman–Crippen LogP) is 2.43. The van der Waals surface area contributed by atoms with Gasteiger partial charge in [-0.3, -0.25) is 20.0 Å². The van der Waals surface area contributed by atoms with Crippen molar-refractivity contribution >= 4 is 45.6 Å². The van der Waals surface area contributed by atoms with Crippen molar-refractivity contribution in [3.05, 3.63) is 65.2 Å². The number of piperidine rings is 1. The number of primary amides is 1. The molecule has 1 amide bonds. The van der Waals surface area contributed by atoms with E-state index in [0.29, 0.717) is 11.1 Å². The Labute approximate surface area is 239 Å². The molecular formula is C28H34N6O6S. The smallest absolute Gasteiger partial charge is 0.412 e. The minimum absolute atomic E-state index is 0.00580. The zero-order valence-electron chi connectivity index (χ0n) is 22.8. The summed E-state index contributed by atoms with van der Waals surface area (Å²) in [5.74, 6) is -0.520. The highest BCUT2D eigenvalue weighted by Gasteiger charge is 2.28. The van der Waals surface area contributed by atoms with E-state index in [4.69, 9.17) is 21.6 Å². The zero-order chi connectivity index (χ0) is 29.6. The van der Waals surface area contributed by atoms with E-state index in [0.717, 1.165) is 62.4 Å². The maximum Gasteiger partial charge on any atom is 0.412 e. The Balaban J connectivity index is 1.55. The minimum atomic E-state index is -4.58. The molecule has 218 valence electrons. The molecule has 12 nitrogen and oxygen atoms in total. The Morgan fingerprint density at radius 2 is 1.93 bits per heavy atom. The number of nitrogens with two attached hydrogens (primary N) is 2. The molecule has 0 spiro atoms. The highest BCUT2D eigenvalue weighted by Crippen LogP contribution is 2.30. The van der Waals surface area contributed by atoms with Gasteiger partial charge in [-0.1, -0.05) is 30.4 Å². The molecule has 2 aromatic carbocycles. The molecule has 0 bridgehead atoms. The van der Waals surface area contributed by atoms with Crippen molar-refractivity contribution in [2.45, 2.75) is 38.7 Å². The third-order valence-electron chi connectivity index (χ3n) is 6.74. The number of rotatable bonds is 10. The fraction of sp³-hybridized carbons (Fsp3) is 0.357. The number of hydrogen-bond acceptors (Lipinski definition) is 9. The van der Waals surface area contributed by atoms with Crippen molar-refractivity contribution in [3.8, 4) is 5.75 Å². The van der Waals surface area contributed by atoms with E-state index < -0.39 is 22.2 Å². The molecule has 41 heavy (non-hydrogen) atoms. The van der Waals surface area contributed by atoms with Crippen LogP contribution in [0.1, 0.15) is 54.1 Å². The Morgan fingerprint density at radius 3 is 2.56 bits per heavy atom. The van der Waals surface area contributed by atoms with Crippen LogP contribution >= 0.6 is 0 Å². The molecule has 2 heterocycles. The Hall–Kier alpha value is -4.39. The van der Waals surface area contributed by atoms with Crippen LogP contribution in [0.4, 0.5) is 5.69 Å². The highest BCUT2D eigenvalue weighted by atomic mass is 32.2. The molecule has 5 N–H and O–H groups in total. The highest BCUT2D eigenvalue weighted by molar-refractivity contribution is 7.88. The number of nitrogen functional groups attached to an aromatic ring is 1. The zero-order valence-corrected chi connectivity index (χ0v) is 23.6. The van der Waals surface area contributed by atoms with Gasteiger partial charge < -0.3 is 25.3 Å². The molecule has 0 aliphatic carbocycles. The number of ether oxygens (including phenoxy) is 1. The second-order valence-electron chi connectivity index (χ2n) is 9.76. The molecule has 1 saturated heterocycles. The normalized spacial score (nSPS) is 15.9. The van der Waals surface area contributed by atoms with E-state index in [2.05, 4.69) is 14.1 Å². The maximum atomic E-state index is 13.0. The quantitative estimate of drug-likeness (QED) is 0.282. The van der Waals surface area contributed by atoms with Crippen LogP contribution in [0.3, 0.4) is 0 Å². The number of benzene rings is 2. The molecule has 0 radical (unpaired) electrons. The minimum Gasteiger partial charge on any atom is -0.489 e. The molecule has 2 aliphatic rings. The number of aliphatic imine (C=N–C) groups is 1. The molecule has 2 aromatic rings. The first kappa shape index (κ1) is 29.6. The van der Waals surface area contributed by atoms with Gasteiger partial charge in [0.15, 0.2) is 0 Å². The first-order valence-corrected chi connectivity index (χ1v) is 14.6. The van der Waals surface area contributed by atoms with Crippen LogP contribution in [-0.2, 0) is 19.3 Å². The summed E-state index contributed by atoms with van der Waals surface area (Å²) in [7, 11) is -4.58. The van der Waals surface area contributed by atoms with Crippen LogP contribution < -0.4 is 20.5 Å². The van der Waals surface area contributed by atoms with Crippen molar-refractivity contribution in [2.24, 2.45) is 16.5 Å². The fourth-order valence-corrected chi connectivity index (χ4v) is 5.80. The fourth-order valence-electron chi connectivity index (χ4n) is 4.78. The summed E-state index contributed by atoms with van der Waals surface area (Å²) in [5, 5.41) is 7.60. The summed E-state index contributed by atoms with van der Waals surface area (Å²) in [6.07, 6.45) is 6.57. The van der Waals surface area contributed by atoms with Crippen molar-refractivity contribution < 1.29 is 26.9 Å². The third kappa shape index (κ3) is 7.63. The van der Waals surface area contributed by atoms with Gasteiger partial charge in [-0.15, -0.1) is 0 Å². The van der Waals surface area contributed by atoms with Gasteiger partial charge in [0.2, 0.25) is 0 Å². The number of likely N-dealkylation sites (tertiary alicyclic amines) is 1. The van der Waals surface area contributed by atoms with Crippen LogP contribution in [0, 0.1) is 5.41 Å². The van der Waals surface area contributed by atoms with Gasteiger partial charge in [0.05, 0.1) is 23.6 Å². The lowest BCUT2D eigenvalue weighted by Gasteiger charge is -2.34. The first-order valence-electron chi connectivity index (χ1n) is 13.3. The van der Waals surface area contributed by atoms with E-state index in [1.165, 1.54) is 24.3 Å². The Morgan fingerprint density at radius 1 is 1.17 bits per heavy atom. The van der Waals surface area contributed by atoms with Gasteiger partial charge in [-0.2, -0.15) is 8.42 Å². The standard InChI is InChI=1S/C28H34N6O6S/c1-19(35)40-41(37,38)34(14-4-6-20-5-2-7-21(17-20)27(29)30)22-9-10-25(24(18-22)28(31)36)39-23-11-15-33(16-12-23)26-8-3-13-32-26/h2,4-7,9-10,17-18,23H,3,8,11-16H2,1H3,(H3,29,30)(H2,31,36)/b6-4+. The van der Waals surface area contributed by atoms with E-state index in [1.807, 2.05) is 0 Å². The molecule has 0 unspecified atom stereocenters. The second kappa shape index (κ2) is 12.9. The van der Waals surface area contributed by atoms with E-state index in [9.17, 15) is 18.0 Å². The molecule has 0 atom stereocenters. The SMILES string of the molecule is CC(=O)OS(=O)(=O)N(C/C=C/c1cccc(C(=N)N)c1)c1ccc(OC2CCN(C3=NCCC3)CC2)c(C(N)=O)c1. The number of amides is 1. The number of carbonyl (C=O) groups is 2. The average Bonchev–Trinajstić information content (AvgIpc) is 3.46. The first-order chi connectivity index (χ1) is 19.5. The van der Waals surface area contributed by atoms with E-state index in [1.54, 1.807) is 30.3 Å². The van der Waals surface area contributed by atoms with Crippen LogP contribution in [0.15, 0.2) is 53.5 Å². The van der Waals surface area contributed by atoms with Crippen molar-refractivity contribution in [3.63, 3.8) is 0 Å². The summed E-state index contributed by atoms with van der Waals surface area (Å²) < 4.78 is 37.6. The van der Waals surface area contributed by atoms with Crippen LogP contribution in [0.2, 0.25) is 0 Å². The molecule has 4 rings (SSSR count). The summed E-state index contributed by atoms with van der Waals surface area (Å²) in [6, 6.07) is 11.1. The predicted molar refractivity (Wildman–Crippen MR) is 156 cm³/mol. The maximum absolute atomic E-state index is 13.0. The summed E-state index contributed by atoms with van der Waals surface area (Å²) in [5.41, 5.74) is 12.5. The molecule has 0 aromatic heterocycles. The lowest BCUT2D eigenvalue weighted by atomic mass is 10.1. The van der Waals surface area contributed by atoms with Crippen LogP contribution in [-0.4, -0.2) is 69.1 Å². The largest absolute Gasteiger partial charge is 0.489 e. The van der Waals surface area contributed by atoms with Gasteiger partial charge in [-0.25, -0.2) is 4.31 Å². The number of nitrogens with zero attached hydrogens (tertiary/aromatic N) is 3. The van der Waals surface area contributed by atoms with Gasteiger partial charge >= 0.3 is 16.3 Å². The number of amidine groups is 2. The Kier molecular flexibility index (Phi) is 9.28. The van der Waals surface area contributed by atoms with Gasteiger partial charge in [0, 0.05) is 51.4 Å². The summed E-state index contributed by atoms with van der Waals surface area (Å²) in [4.78, 5) is 30.8. The van der Waals surface area contributed by atoms with Crippen molar-refractivity contribution in [1.82, 2.24) is 4.90 Å². The Bertz CT molecular complexity index is 1480. The van der Waals surface area contributed by atoms with Crippen LogP contribution in [0.5, 0.6) is 5.75 Å². The monoisotopic (exact) mass is 582 g/mol. The number of carbonyl (C=O) groups excluding carboxylic acids is 2. The number of nitrogens with one attached hydrogen (secondary N) is 1. The van der Waals surface area contributed by atoms with Gasteiger partial charge in [-0.05, 0) is 36.2 Å². The van der Waals surface area contributed by atoms with Crippen LogP contribution in [0.25, 0.3) is 6.08 Å². The number of hydrogen-bond donors (Lipinski definition) is 3. The molecule has 0 saturated carbocycles. The summed E-state index contributed by atoms with van der Waals surface area (Å²) in [6.45, 7) is 3.20. The topological polar surface area (TPSA) is 181 Å². The van der Waals surface area contributed by atoms with Crippen molar-refractivity contribution in [2.75, 3.05) is 30.5 Å². The average molecular weight is 583 g/mol. The number of anilines is 1. The lowest BCUT2D eigenvalue weighted by molar-refractivity contribution is -0.131. The van der Waals surface area contributed by atoms with Gasteiger partial charge in [0.25, 0.3) is 5.91 Å².